The second-order valence-electron chi connectivity index (χ2n) is 6.10. The Balaban J connectivity index is 1.62. The van der Waals surface area contributed by atoms with Gasteiger partial charge in [0.15, 0.2) is 0 Å². The van der Waals surface area contributed by atoms with Gasteiger partial charge in [-0.05, 0) is 42.0 Å². The minimum atomic E-state index is -3.46. The maximum atomic E-state index is 12.7. The molecule has 1 aliphatic rings. The summed E-state index contributed by atoms with van der Waals surface area (Å²) in [5.41, 5.74) is 7.71. The fourth-order valence-corrected chi connectivity index (χ4v) is 4.40. The van der Waals surface area contributed by atoms with Crippen molar-refractivity contribution in [2.75, 3.05) is 39.0 Å². The lowest BCUT2D eigenvalue weighted by molar-refractivity contribution is 0.181. The van der Waals surface area contributed by atoms with Crippen LogP contribution in [0.2, 0.25) is 0 Å². The Morgan fingerprint density at radius 3 is 2.32 bits per heavy atom. The fourth-order valence-electron chi connectivity index (χ4n) is 2.97. The van der Waals surface area contributed by atoms with E-state index in [-0.39, 0.29) is 0 Å². The Kier molecular flexibility index (Phi) is 5.27. The van der Waals surface area contributed by atoms with E-state index < -0.39 is 10.0 Å². The number of sulfonamides is 1. The molecule has 6 nitrogen and oxygen atoms in total. The third-order valence-electron chi connectivity index (χ3n) is 4.39. The normalized spacial score (nSPS) is 16.7. The molecule has 0 bridgehead atoms. The van der Waals surface area contributed by atoms with E-state index in [2.05, 4.69) is 4.90 Å². The molecule has 7 heteroatoms. The first-order valence-electron chi connectivity index (χ1n) is 8.20. The average Bonchev–Trinajstić information content (AvgIpc) is 2.62. The van der Waals surface area contributed by atoms with Gasteiger partial charge in [-0.3, -0.25) is 4.90 Å². The predicted molar refractivity (Wildman–Crippen MR) is 97.9 cm³/mol. The SMILES string of the molecule is COc1ccc(S(=O)(=O)N2CCN(Cc3cccc(N)c3)CC2)cc1. The van der Waals surface area contributed by atoms with E-state index in [1.54, 1.807) is 35.7 Å². The quantitative estimate of drug-likeness (QED) is 0.822. The zero-order valence-electron chi connectivity index (χ0n) is 14.3. The van der Waals surface area contributed by atoms with Gasteiger partial charge in [-0.15, -0.1) is 0 Å². The third kappa shape index (κ3) is 4.12. The highest BCUT2D eigenvalue weighted by Crippen LogP contribution is 2.21. The van der Waals surface area contributed by atoms with Crippen LogP contribution in [0.1, 0.15) is 5.56 Å². The topological polar surface area (TPSA) is 75.9 Å². The molecule has 1 aliphatic heterocycles. The van der Waals surface area contributed by atoms with Crippen molar-refractivity contribution in [3.05, 3.63) is 54.1 Å². The molecule has 0 spiro atoms. The summed E-state index contributed by atoms with van der Waals surface area (Å²) in [7, 11) is -1.90. The van der Waals surface area contributed by atoms with Crippen molar-refractivity contribution in [2.45, 2.75) is 11.4 Å². The molecule has 2 aromatic carbocycles. The summed E-state index contributed by atoms with van der Waals surface area (Å²) in [6.07, 6.45) is 0. The lowest BCUT2D eigenvalue weighted by Gasteiger charge is -2.34. The molecule has 1 saturated heterocycles. The van der Waals surface area contributed by atoms with Gasteiger partial charge in [-0.25, -0.2) is 8.42 Å². The maximum Gasteiger partial charge on any atom is 0.243 e. The number of nitrogens with zero attached hydrogens (tertiary/aromatic N) is 2. The van der Waals surface area contributed by atoms with Crippen LogP contribution in [0, 0.1) is 0 Å². The molecule has 2 aromatic rings. The van der Waals surface area contributed by atoms with Gasteiger partial charge < -0.3 is 10.5 Å². The average molecular weight is 361 g/mol. The highest BCUT2D eigenvalue weighted by Gasteiger charge is 2.28. The van der Waals surface area contributed by atoms with Gasteiger partial charge in [-0.1, -0.05) is 12.1 Å². The third-order valence-corrected chi connectivity index (χ3v) is 6.30. The molecule has 1 heterocycles. The van der Waals surface area contributed by atoms with Crippen LogP contribution in [0.25, 0.3) is 0 Å². The number of nitrogens with two attached hydrogens (primary N) is 1. The van der Waals surface area contributed by atoms with Crippen molar-refractivity contribution in [2.24, 2.45) is 0 Å². The van der Waals surface area contributed by atoms with E-state index in [1.165, 1.54) is 0 Å². The minimum Gasteiger partial charge on any atom is -0.497 e. The molecule has 0 aromatic heterocycles. The number of anilines is 1. The summed E-state index contributed by atoms with van der Waals surface area (Å²) in [5.74, 6) is 0.644. The molecule has 1 fully saturated rings. The molecule has 0 atom stereocenters. The standard InChI is InChI=1S/C18H23N3O3S/c1-24-17-5-7-18(8-6-17)25(22,23)21-11-9-20(10-12-21)14-15-3-2-4-16(19)13-15/h2-8,13H,9-12,14,19H2,1H3. The van der Waals surface area contributed by atoms with E-state index in [1.807, 2.05) is 24.3 Å². The van der Waals surface area contributed by atoms with Crippen molar-refractivity contribution >= 4 is 15.7 Å². The van der Waals surface area contributed by atoms with Crippen molar-refractivity contribution in [1.29, 1.82) is 0 Å². The highest BCUT2D eigenvalue weighted by molar-refractivity contribution is 7.89. The highest BCUT2D eigenvalue weighted by atomic mass is 32.2. The lowest BCUT2D eigenvalue weighted by atomic mass is 10.2. The Bertz CT molecular complexity index is 814. The van der Waals surface area contributed by atoms with Crippen LogP contribution in [0.4, 0.5) is 5.69 Å². The molecule has 0 radical (unpaired) electrons. The van der Waals surface area contributed by atoms with E-state index in [4.69, 9.17) is 10.5 Å². The van der Waals surface area contributed by atoms with Gasteiger partial charge >= 0.3 is 0 Å². The van der Waals surface area contributed by atoms with Crippen LogP contribution in [0.5, 0.6) is 5.75 Å². The smallest absolute Gasteiger partial charge is 0.243 e. The van der Waals surface area contributed by atoms with Crippen LogP contribution in [-0.2, 0) is 16.6 Å². The van der Waals surface area contributed by atoms with Crippen LogP contribution in [0.3, 0.4) is 0 Å². The van der Waals surface area contributed by atoms with Gasteiger partial charge in [0, 0.05) is 38.4 Å². The first-order valence-corrected chi connectivity index (χ1v) is 9.64. The molecular formula is C18H23N3O3S. The Hall–Kier alpha value is -2.09. The first-order chi connectivity index (χ1) is 12.0. The first kappa shape index (κ1) is 17.7. The van der Waals surface area contributed by atoms with Crippen molar-refractivity contribution < 1.29 is 13.2 Å². The Morgan fingerprint density at radius 2 is 1.72 bits per heavy atom. The van der Waals surface area contributed by atoms with E-state index in [0.717, 1.165) is 17.8 Å². The van der Waals surface area contributed by atoms with Gasteiger partial charge in [-0.2, -0.15) is 4.31 Å². The van der Waals surface area contributed by atoms with Crippen LogP contribution >= 0.6 is 0 Å². The molecule has 0 aliphatic carbocycles. The number of methoxy groups -OCH3 is 1. The number of hydrogen-bond donors (Lipinski definition) is 1. The molecule has 0 unspecified atom stereocenters. The number of piperazine rings is 1. The molecule has 0 saturated carbocycles. The van der Waals surface area contributed by atoms with Crippen LogP contribution < -0.4 is 10.5 Å². The Labute approximate surface area is 148 Å². The number of nitrogen functional groups attached to an aromatic ring is 1. The van der Waals surface area contributed by atoms with E-state index >= 15 is 0 Å². The minimum absolute atomic E-state index is 0.303. The number of ether oxygens (including phenoxy) is 1. The molecule has 25 heavy (non-hydrogen) atoms. The van der Waals surface area contributed by atoms with Crippen LogP contribution in [0.15, 0.2) is 53.4 Å². The molecule has 2 N–H and O–H groups in total. The van der Waals surface area contributed by atoms with Gasteiger partial charge in [0.2, 0.25) is 10.0 Å². The summed E-state index contributed by atoms with van der Waals surface area (Å²) in [4.78, 5) is 2.55. The van der Waals surface area contributed by atoms with Gasteiger partial charge in [0.1, 0.15) is 5.75 Å². The summed E-state index contributed by atoms with van der Waals surface area (Å²) in [6.45, 7) is 3.14. The van der Waals surface area contributed by atoms with E-state index in [0.29, 0.717) is 36.8 Å². The van der Waals surface area contributed by atoms with Gasteiger partial charge in [0.05, 0.1) is 12.0 Å². The fraction of sp³-hybridized carbons (Fsp3) is 0.333. The second kappa shape index (κ2) is 7.43. The summed E-state index contributed by atoms with van der Waals surface area (Å²) >= 11 is 0. The Morgan fingerprint density at radius 1 is 1.04 bits per heavy atom. The number of hydrogen-bond acceptors (Lipinski definition) is 5. The largest absolute Gasteiger partial charge is 0.497 e. The van der Waals surface area contributed by atoms with Crippen molar-refractivity contribution in [3.63, 3.8) is 0 Å². The zero-order chi connectivity index (χ0) is 17.9. The van der Waals surface area contributed by atoms with Crippen molar-refractivity contribution in [1.82, 2.24) is 9.21 Å². The van der Waals surface area contributed by atoms with Gasteiger partial charge in [0.25, 0.3) is 0 Å². The van der Waals surface area contributed by atoms with Crippen molar-refractivity contribution in [3.8, 4) is 5.75 Å². The molecular weight excluding hydrogens is 338 g/mol. The predicted octanol–water partition coefficient (Wildman–Crippen LogP) is 1.78. The number of rotatable bonds is 5. The summed E-state index contributed by atoms with van der Waals surface area (Å²) in [5, 5.41) is 0. The molecule has 134 valence electrons. The second-order valence-corrected chi connectivity index (χ2v) is 8.04. The maximum absolute atomic E-state index is 12.7. The summed E-state index contributed by atoms with van der Waals surface area (Å²) < 4.78 is 32.1. The monoisotopic (exact) mass is 361 g/mol. The van der Waals surface area contributed by atoms with E-state index in [9.17, 15) is 8.42 Å². The molecule has 3 rings (SSSR count). The van der Waals surface area contributed by atoms with Crippen LogP contribution in [-0.4, -0.2) is 50.9 Å². The lowest BCUT2D eigenvalue weighted by Crippen LogP contribution is -2.48. The molecule has 0 amide bonds. The zero-order valence-corrected chi connectivity index (χ0v) is 15.1. The summed E-state index contributed by atoms with van der Waals surface area (Å²) in [6, 6.07) is 14.3. The number of benzene rings is 2.